The molecule has 0 atom stereocenters. The van der Waals surface area contributed by atoms with Gasteiger partial charge < -0.3 is 18.6 Å². The van der Waals surface area contributed by atoms with Crippen molar-refractivity contribution >= 4 is 201 Å². The summed E-state index contributed by atoms with van der Waals surface area (Å²) in [6, 6.07) is 104. The average molecular weight is 1330 g/mol. The lowest BCUT2D eigenvalue weighted by Gasteiger charge is -2.28. The summed E-state index contributed by atoms with van der Waals surface area (Å²) in [5, 5.41) is 18.0. The maximum absolute atomic E-state index is 7.07. The molecule has 2 aliphatic carbocycles. The quantitative estimate of drug-likeness (QED) is 0.152. The molecule has 0 bridgehead atoms. The molecular formula is C93H58N2O2S3. The third kappa shape index (κ3) is 8.31. The highest BCUT2D eigenvalue weighted by Gasteiger charge is 2.36. The summed E-state index contributed by atoms with van der Waals surface area (Å²) in [4.78, 5) is 6.24. The molecule has 0 radical (unpaired) electrons. The number of para-hydroxylation sites is 1. The number of benzene rings is 15. The van der Waals surface area contributed by atoms with Crippen molar-refractivity contribution in [3.8, 4) is 33.4 Å². The van der Waals surface area contributed by atoms with Crippen molar-refractivity contribution < 1.29 is 8.83 Å². The molecule has 0 amide bonds. The van der Waals surface area contributed by atoms with Crippen LogP contribution in [0.25, 0.3) is 166 Å². The van der Waals surface area contributed by atoms with Gasteiger partial charge >= 0.3 is 0 Å². The highest BCUT2D eigenvalue weighted by Crippen LogP contribution is 2.54. The van der Waals surface area contributed by atoms with Crippen molar-refractivity contribution in [1.29, 1.82) is 0 Å². The molecule has 0 spiro atoms. The van der Waals surface area contributed by atoms with E-state index in [9.17, 15) is 0 Å². The molecule has 470 valence electrons. The minimum absolute atomic E-state index is 0.129. The molecule has 0 fully saturated rings. The van der Waals surface area contributed by atoms with Crippen molar-refractivity contribution in [2.24, 2.45) is 0 Å². The smallest absolute Gasteiger partial charge is 0.144 e. The first-order valence-electron chi connectivity index (χ1n) is 34.5. The van der Waals surface area contributed by atoms with E-state index in [1.54, 1.807) is 0 Å². The molecular weight excluding hydrogens is 1270 g/mol. The average Bonchev–Trinajstić information content (AvgIpc) is 1.56. The van der Waals surface area contributed by atoms with Crippen molar-refractivity contribution in [2.75, 3.05) is 9.80 Å². The van der Waals surface area contributed by atoms with Crippen LogP contribution in [0.5, 0.6) is 0 Å². The number of rotatable bonds is 8. The second-order valence-corrected chi connectivity index (χ2v) is 30.9. The summed E-state index contributed by atoms with van der Waals surface area (Å²) >= 11 is 5.59. The fraction of sp³-hybridized carbons (Fsp3) is 0.0538. The van der Waals surface area contributed by atoms with E-state index >= 15 is 0 Å². The van der Waals surface area contributed by atoms with Gasteiger partial charge in [-0.05, 0) is 228 Å². The second kappa shape index (κ2) is 21.2. The Bertz CT molecular complexity index is 6960. The predicted molar refractivity (Wildman–Crippen MR) is 430 cm³/mol. The lowest BCUT2D eigenvalue weighted by atomic mass is 9.82. The maximum atomic E-state index is 7.07. The van der Waals surface area contributed by atoms with Gasteiger partial charge in [0.2, 0.25) is 0 Å². The maximum Gasteiger partial charge on any atom is 0.144 e. The number of allylic oxidation sites excluding steroid dienone is 1. The molecule has 20 aromatic rings. The van der Waals surface area contributed by atoms with E-state index in [1.807, 2.05) is 34.0 Å². The Labute approximate surface area is 587 Å². The molecule has 0 unspecified atom stereocenters. The minimum atomic E-state index is -0.129. The van der Waals surface area contributed by atoms with E-state index < -0.39 is 0 Å². The van der Waals surface area contributed by atoms with E-state index in [0.29, 0.717) is 0 Å². The number of aryl methyl sites for hydroxylation is 1. The fourth-order valence-corrected chi connectivity index (χ4v) is 20.6. The summed E-state index contributed by atoms with van der Waals surface area (Å²) in [6.45, 7) is 4.75. The normalized spacial score (nSPS) is 13.5. The third-order valence-electron chi connectivity index (χ3n) is 21.9. The van der Waals surface area contributed by atoms with Crippen molar-refractivity contribution in [3.05, 3.63) is 307 Å². The van der Waals surface area contributed by atoms with Gasteiger partial charge in [-0.25, -0.2) is 0 Å². The number of nitrogens with zero attached hydrogens (tertiary/aromatic N) is 2. The molecule has 0 N–H and O–H groups in total. The number of hydrogen-bond donors (Lipinski definition) is 0. The van der Waals surface area contributed by atoms with Gasteiger partial charge in [0.1, 0.15) is 22.3 Å². The largest absolute Gasteiger partial charge is 0.455 e. The zero-order valence-electron chi connectivity index (χ0n) is 54.6. The summed E-state index contributed by atoms with van der Waals surface area (Å²) in [7, 11) is 0. The highest BCUT2D eigenvalue weighted by molar-refractivity contribution is 7.26. The van der Waals surface area contributed by atoms with Crippen molar-refractivity contribution in [3.63, 3.8) is 0 Å². The Kier molecular flexibility index (Phi) is 12.0. The Balaban J connectivity index is 0.583. The van der Waals surface area contributed by atoms with E-state index in [2.05, 4.69) is 315 Å². The monoisotopic (exact) mass is 1330 g/mol. The van der Waals surface area contributed by atoms with Crippen LogP contribution >= 0.6 is 34.0 Å². The number of fused-ring (bicyclic) bond motifs is 25. The highest BCUT2D eigenvalue weighted by atomic mass is 32.1. The number of anilines is 6. The minimum Gasteiger partial charge on any atom is -0.455 e. The van der Waals surface area contributed by atoms with Crippen molar-refractivity contribution in [2.45, 2.75) is 32.1 Å². The van der Waals surface area contributed by atoms with Gasteiger partial charge in [0, 0.05) is 111 Å². The summed E-state index contributed by atoms with van der Waals surface area (Å²) in [5.41, 5.74) is 22.0. The fourth-order valence-electron chi connectivity index (χ4n) is 17.1. The summed E-state index contributed by atoms with van der Waals surface area (Å²) in [5.74, 6) is 0. The zero-order valence-corrected chi connectivity index (χ0v) is 57.0. The van der Waals surface area contributed by atoms with Gasteiger partial charge in [-0.1, -0.05) is 178 Å². The van der Waals surface area contributed by atoms with Crippen LogP contribution in [-0.2, 0) is 11.8 Å². The van der Waals surface area contributed by atoms with Gasteiger partial charge in [-0.2, -0.15) is 0 Å². The molecule has 2 aliphatic rings. The first kappa shape index (κ1) is 56.4. The van der Waals surface area contributed by atoms with Crippen LogP contribution < -0.4 is 9.80 Å². The molecule has 0 saturated heterocycles. The molecule has 0 saturated carbocycles. The van der Waals surface area contributed by atoms with E-state index in [1.165, 1.54) is 143 Å². The van der Waals surface area contributed by atoms with E-state index in [0.717, 1.165) is 85.5 Å². The van der Waals surface area contributed by atoms with Crippen molar-refractivity contribution in [1.82, 2.24) is 0 Å². The van der Waals surface area contributed by atoms with Crippen LogP contribution in [0.4, 0.5) is 34.1 Å². The Morgan fingerprint density at radius 3 is 1.58 bits per heavy atom. The lowest BCUT2D eigenvalue weighted by Crippen LogP contribution is -2.16. The molecule has 5 aromatic heterocycles. The van der Waals surface area contributed by atoms with Crippen LogP contribution in [0.15, 0.2) is 294 Å². The van der Waals surface area contributed by atoms with Crippen LogP contribution in [0.3, 0.4) is 0 Å². The summed E-state index contributed by atoms with van der Waals surface area (Å²) < 4.78 is 20.0. The molecule has 7 heteroatoms. The zero-order chi connectivity index (χ0) is 65.6. The molecule has 100 heavy (non-hydrogen) atoms. The Morgan fingerprint density at radius 2 is 0.840 bits per heavy atom. The predicted octanol–water partition coefficient (Wildman–Crippen LogP) is 28.4. The van der Waals surface area contributed by atoms with Gasteiger partial charge in [0.15, 0.2) is 0 Å². The number of furan rings is 2. The Morgan fingerprint density at radius 1 is 0.320 bits per heavy atom. The summed E-state index contributed by atoms with van der Waals surface area (Å²) in [6.07, 6.45) is 6.84. The van der Waals surface area contributed by atoms with Gasteiger partial charge in [-0.15, -0.1) is 34.0 Å². The standard InChI is InChI=1S/C93H58N2O2S3/c1-93(2)77-21-10-8-17-68(77)69-36-32-61(49-78(69)93)95(63-33-37-71-70-18-9-11-22-81(70)98-84(71)50-63)64-35-39-74-86(52-64)100-83-46-42-76-88-72-20-12-19-65(67(72)40-44-80(88)97-92(76)90(74)83)58-26-25-56-47-55(23-24-57(56)48-58)53-27-30-60(31-28-53)94(59-14-4-3-5-15-59)62-34-38-73-85(51-62)99-82-45-41-75-87-66-16-7-6-13-54(66)29-43-79(87)96-91(75)89(73)82/h3-8,10-17,19-52H,9,18H2,1-2H3. The number of thiophene rings is 3. The Hall–Kier alpha value is -11.6. The molecule has 4 nitrogen and oxygen atoms in total. The topological polar surface area (TPSA) is 32.8 Å². The van der Waals surface area contributed by atoms with Gasteiger partial charge in [0.05, 0.1) is 0 Å². The lowest BCUT2D eigenvalue weighted by molar-refractivity contribution is 0.660. The van der Waals surface area contributed by atoms with Crippen LogP contribution in [0.1, 0.15) is 41.8 Å². The first-order valence-corrected chi connectivity index (χ1v) is 36.9. The molecule has 15 aromatic carbocycles. The van der Waals surface area contributed by atoms with Gasteiger partial charge in [0.25, 0.3) is 0 Å². The first-order chi connectivity index (χ1) is 49.3. The number of hydrogen-bond acceptors (Lipinski definition) is 7. The van der Waals surface area contributed by atoms with E-state index in [4.69, 9.17) is 8.83 Å². The van der Waals surface area contributed by atoms with E-state index in [-0.39, 0.29) is 5.41 Å². The molecule has 5 heterocycles. The second-order valence-electron chi connectivity index (χ2n) is 27.7. The third-order valence-corrected chi connectivity index (χ3v) is 25.3. The SMILES string of the molecule is CC1(C)c2ccccc2-c2ccc(N(c3ccc4c5c(sc4c3)C=CCC5)c3ccc4c(c3)sc3ccc5c(oc6ccc7c(-c8ccc9cc(-c%10ccc(N(c%11ccccc%11)c%11ccc%12c(c%11)sc%11ccc%13c(oc%14ccc%15ccccc%15c%14%13)c%11%12)cc%10)ccc9c8)cccc7c65)c34)cc21. The van der Waals surface area contributed by atoms with Crippen LogP contribution in [0, 0.1) is 0 Å². The van der Waals surface area contributed by atoms with Crippen LogP contribution in [0.2, 0.25) is 0 Å². The van der Waals surface area contributed by atoms with Gasteiger partial charge in [-0.3, -0.25) is 0 Å². The molecule has 22 rings (SSSR count). The van der Waals surface area contributed by atoms with Crippen LogP contribution in [-0.4, -0.2) is 0 Å². The molecule has 0 aliphatic heterocycles.